The van der Waals surface area contributed by atoms with Crippen LogP contribution in [-0.2, 0) is 0 Å². The maximum absolute atomic E-state index is 5.98. The molecule has 0 bridgehead atoms. The Morgan fingerprint density at radius 1 is 1.31 bits per heavy atom. The lowest BCUT2D eigenvalue weighted by Crippen LogP contribution is -2.04. The molecule has 4 heteroatoms. The first-order chi connectivity index (χ1) is 7.75. The second-order valence-electron chi connectivity index (χ2n) is 4.32. The molecule has 2 nitrogen and oxygen atoms in total. The molecule has 0 unspecified atom stereocenters. The lowest BCUT2D eigenvalue weighted by molar-refractivity contribution is 0.522. The summed E-state index contributed by atoms with van der Waals surface area (Å²) < 4.78 is 3.23. The highest BCUT2D eigenvalue weighted by Crippen LogP contribution is 2.35. The third-order valence-corrected chi connectivity index (χ3v) is 4.09. The minimum absolute atomic E-state index is 0.598. The van der Waals surface area contributed by atoms with Crippen LogP contribution in [-0.4, -0.2) is 9.55 Å². The van der Waals surface area contributed by atoms with E-state index in [-0.39, 0.29) is 0 Å². The summed E-state index contributed by atoms with van der Waals surface area (Å²) in [6.07, 6.45) is 5.16. The molecule has 0 aliphatic heterocycles. The first-order valence-electron chi connectivity index (χ1n) is 5.59. The molecule has 3 rings (SSSR count). The molecule has 0 atom stereocenters. The van der Waals surface area contributed by atoms with E-state index in [0.29, 0.717) is 6.04 Å². The zero-order valence-corrected chi connectivity index (χ0v) is 11.1. The van der Waals surface area contributed by atoms with E-state index < -0.39 is 0 Å². The largest absolute Gasteiger partial charge is 0.315 e. The SMILES string of the molecule is Clc1ccc2c(c1)nc(Br)n2C1CCCC1. The van der Waals surface area contributed by atoms with Crippen molar-refractivity contribution in [2.24, 2.45) is 0 Å². The smallest absolute Gasteiger partial charge is 0.178 e. The van der Waals surface area contributed by atoms with Crippen molar-refractivity contribution in [2.45, 2.75) is 31.7 Å². The van der Waals surface area contributed by atoms with Gasteiger partial charge >= 0.3 is 0 Å². The second-order valence-corrected chi connectivity index (χ2v) is 5.47. The van der Waals surface area contributed by atoms with Crippen LogP contribution in [0.4, 0.5) is 0 Å². The maximum Gasteiger partial charge on any atom is 0.178 e. The van der Waals surface area contributed by atoms with Gasteiger partial charge in [-0.05, 0) is 47.0 Å². The summed E-state index contributed by atoms with van der Waals surface area (Å²) in [6.45, 7) is 0. The van der Waals surface area contributed by atoms with Crippen molar-refractivity contribution in [1.29, 1.82) is 0 Å². The lowest BCUT2D eigenvalue weighted by atomic mass is 10.2. The highest BCUT2D eigenvalue weighted by molar-refractivity contribution is 9.10. The highest BCUT2D eigenvalue weighted by Gasteiger charge is 2.21. The predicted molar refractivity (Wildman–Crippen MR) is 69.9 cm³/mol. The molecule has 84 valence electrons. The Balaban J connectivity index is 2.18. The van der Waals surface area contributed by atoms with Crippen molar-refractivity contribution >= 4 is 38.6 Å². The van der Waals surface area contributed by atoms with Gasteiger partial charge in [0.15, 0.2) is 4.73 Å². The quantitative estimate of drug-likeness (QED) is 0.754. The van der Waals surface area contributed by atoms with E-state index in [4.69, 9.17) is 11.6 Å². The van der Waals surface area contributed by atoms with E-state index in [9.17, 15) is 0 Å². The number of rotatable bonds is 1. The fourth-order valence-corrected chi connectivity index (χ4v) is 3.39. The first-order valence-corrected chi connectivity index (χ1v) is 6.76. The monoisotopic (exact) mass is 298 g/mol. The van der Waals surface area contributed by atoms with Gasteiger partial charge in [0.2, 0.25) is 0 Å². The molecule has 1 aliphatic rings. The summed E-state index contributed by atoms with van der Waals surface area (Å²) in [5.41, 5.74) is 2.16. The Morgan fingerprint density at radius 2 is 2.06 bits per heavy atom. The van der Waals surface area contributed by atoms with E-state index in [1.54, 1.807) is 0 Å². The van der Waals surface area contributed by atoms with Crippen LogP contribution >= 0.6 is 27.5 Å². The Labute approximate surface area is 108 Å². The van der Waals surface area contributed by atoms with Gasteiger partial charge in [-0.3, -0.25) is 0 Å². The minimum Gasteiger partial charge on any atom is -0.315 e. The van der Waals surface area contributed by atoms with Gasteiger partial charge in [0.05, 0.1) is 11.0 Å². The van der Waals surface area contributed by atoms with Crippen LogP contribution in [0.1, 0.15) is 31.7 Å². The molecule has 1 aromatic carbocycles. The van der Waals surface area contributed by atoms with E-state index in [1.165, 1.54) is 31.2 Å². The van der Waals surface area contributed by atoms with Crippen molar-refractivity contribution in [2.75, 3.05) is 0 Å². The molecular formula is C12H12BrClN2. The third-order valence-electron chi connectivity index (χ3n) is 3.30. The Morgan fingerprint density at radius 3 is 2.81 bits per heavy atom. The highest BCUT2D eigenvalue weighted by atomic mass is 79.9. The molecule has 0 saturated heterocycles. The summed E-state index contributed by atoms with van der Waals surface area (Å²) in [7, 11) is 0. The molecule has 16 heavy (non-hydrogen) atoms. The van der Waals surface area contributed by atoms with Gasteiger partial charge in [-0.25, -0.2) is 4.98 Å². The van der Waals surface area contributed by atoms with Crippen LogP contribution < -0.4 is 0 Å². The van der Waals surface area contributed by atoms with E-state index in [0.717, 1.165) is 15.3 Å². The second kappa shape index (κ2) is 4.04. The fraction of sp³-hybridized carbons (Fsp3) is 0.417. The summed E-state index contributed by atoms with van der Waals surface area (Å²) in [6, 6.07) is 6.52. The maximum atomic E-state index is 5.98. The summed E-state index contributed by atoms with van der Waals surface area (Å²) >= 11 is 9.53. The lowest BCUT2D eigenvalue weighted by Gasteiger charge is -2.13. The van der Waals surface area contributed by atoms with E-state index >= 15 is 0 Å². The fourth-order valence-electron chi connectivity index (χ4n) is 2.55. The zero-order valence-electron chi connectivity index (χ0n) is 8.79. The normalized spacial score (nSPS) is 17.4. The van der Waals surface area contributed by atoms with Crippen molar-refractivity contribution in [3.63, 3.8) is 0 Å². The summed E-state index contributed by atoms with van der Waals surface area (Å²) in [5.74, 6) is 0. The Bertz CT molecular complexity index is 529. The van der Waals surface area contributed by atoms with Gasteiger partial charge < -0.3 is 4.57 Å². The minimum atomic E-state index is 0.598. The van der Waals surface area contributed by atoms with Crippen LogP contribution in [0.2, 0.25) is 5.02 Å². The van der Waals surface area contributed by atoms with Crippen molar-refractivity contribution in [3.05, 3.63) is 28.0 Å². The number of hydrogen-bond donors (Lipinski definition) is 0. The topological polar surface area (TPSA) is 17.8 Å². The van der Waals surface area contributed by atoms with Gasteiger partial charge in [0.1, 0.15) is 0 Å². The third kappa shape index (κ3) is 1.66. The standard InChI is InChI=1S/C12H12BrClN2/c13-12-15-10-7-8(14)5-6-11(10)16(12)9-3-1-2-4-9/h5-7,9H,1-4H2. The summed E-state index contributed by atoms with van der Waals surface area (Å²) in [5, 5.41) is 0.746. The molecule has 1 heterocycles. The van der Waals surface area contributed by atoms with E-state index in [2.05, 4.69) is 31.5 Å². The van der Waals surface area contributed by atoms with Crippen LogP contribution in [0, 0.1) is 0 Å². The Kier molecular flexibility index (Phi) is 2.68. The van der Waals surface area contributed by atoms with Crippen molar-refractivity contribution in [1.82, 2.24) is 9.55 Å². The van der Waals surface area contributed by atoms with Gasteiger partial charge in [0, 0.05) is 11.1 Å². The molecule has 2 aromatic rings. The number of imidazole rings is 1. The van der Waals surface area contributed by atoms with Crippen LogP contribution in [0.5, 0.6) is 0 Å². The van der Waals surface area contributed by atoms with Gasteiger partial charge in [0.25, 0.3) is 0 Å². The number of halogens is 2. The molecule has 1 aromatic heterocycles. The Hall–Kier alpha value is -0.540. The number of hydrogen-bond acceptors (Lipinski definition) is 1. The number of benzene rings is 1. The molecule has 0 spiro atoms. The molecule has 1 aliphatic carbocycles. The number of aromatic nitrogens is 2. The predicted octanol–water partition coefficient (Wildman–Crippen LogP) is 4.57. The average molecular weight is 300 g/mol. The van der Waals surface area contributed by atoms with Crippen molar-refractivity contribution in [3.8, 4) is 0 Å². The average Bonchev–Trinajstić information content (AvgIpc) is 2.83. The summed E-state index contributed by atoms with van der Waals surface area (Å²) in [4.78, 5) is 4.51. The van der Waals surface area contributed by atoms with Crippen LogP contribution in [0.15, 0.2) is 22.9 Å². The van der Waals surface area contributed by atoms with Crippen molar-refractivity contribution < 1.29 is 0 Å². The molecular weight excluding hydrogens is 288 g/mol. The van der Waals surface area contributed by atoms with E-state index in [1.807, 2.05) is 12.1 Å². The molecule has 0 N–H and O–H groups in total. The zero-order chi connectivity index (χ0) is 11.1. The van der Waals surface area contributed by atoms with Crippen LogP contribution in [0.3, 0.4) is 0 Å². The van der Waals surface area contributed by atoms with Crippen LogP contribution in [0.25, 0.3) is 11.0 Å². The first kappa shape index (κ1) is 10.6. The van der Waals surface area contributed by atoms with Gasteiger partial charge in [-0.1, -0.05) is 24.4 Å². The number of fused-ring (bicyclic) bond motifs is 1. The molecule has 1 fully saturated rings. The number of nitrogens with zero attached hydrogens (tertiary/aromatic N) is 2. The van der Waals surface area contributed by atoms with Gasteiger partial charge in [-0.2, -0.15) is 0 Å². The molecule has 0 amide bonds. The molecule has 0 radical (unpaired) electrons. The molecule has 1 saturated carbocycles. The van der Waals surface area contributed by atoms with Gasteiger partial charge in [-0.15, -0.1) is 0 Å².